The smallest absolute Gasteiger partial charge is 0.325 e. The number of carbonyl (C=O) groups is 2. The number of nitrogens with one attached hydrogen (secondary N) is 1. The van der Waals surface area contributed by atoms with E-state index in [-0.39, 0.29) is 18.5 Å². The number of ether oxygens (including phenoxy) is 1. The van der Waals surface area contributed by atoms with Crippen LogP contribution < -0.4 is 5.32 Å². The molecule has 2 rings (SSSR count). The van der Waals surface area contributed by atoms with Gasteiger partial charge in [0.25, 0.3) is 5.91 Å². The monoisotopic (exact) mass is 290 g/mol. The number of benzene rings is 1. The number of rotatable bonds is 7. The van der Waals surface area contributed by atoms with Crippen LogP contribution in [0.3, 0.4) is 0 Å². The minimum atomic E-state index is -0.931. The Hall–Kier alpha value is -1.88. The molecule has 0 unspecified atom stereocenters. The average molecular weight is 290 g/mol. The molecule has 1 aliphatic rings. The maximum absolute atomic E-state index is 12.8. The lowest BCUT2D eigenvalue weighted by Crippen LogP contribution is -2.44. The normalized spacial score (nSPS) is 21.7. The molecular weight excluding hydrogens is 268 g/mol. The van der Waals surface area contributed by atoms with Crippen LogP contribution in [0.25, 0.3) is 0 Å². The number of urea groups is 1. The van der Waals surface area contributed by atoms with Crippen molar-refractivity contribution in [3.05, 3.63) is 35.9 Å². The van der Waals surface area contributed by atoms with E-state index < -0.39 is 5.54 Å². The van der Waals surface area contributed by atoms with Gasteiger partial charge in [-0.25, -0.2) is 4.79 Å². The lowest BCUT2D eigenvalue weighted by atomic mass is 9.85. The van der Waals surface area contributed by atoms with Crippen molar-refractivity contribution < 1.29 is 14.3 Å². The van der Waals surface area contributed by atoms with Crippen LogP contribution in [0, 0.1) is 0 Å². The van der Waals surface area contributed by atoms with Crippen molar-refractivity contribution in [3.63, 3.8) is 0 Å². The molecule has 3 amide bonds. The largest absolute Gasteiger partial charge is 0.380 e. The number of hydrogen-bond acceptors (Lipinski definition) is 3. The lowest BCUT2D eigenvalue weighted by molar-refractivity contribution is -0.132. The summed E-state index contributed by atoms with van der Waals surface area (Å²) in [7, 11) is 0. The first-order valence-corrected chi connectivity index (χ1v) is 7.43. The van der Waals surface area contributed by atoms with Gasteiger partial charge in [0.1, 0.15) is 5.54 Å². The second kappa shape index (κ2) is 6.72. The van der Waals surface area contributed by atoms with Gasteiger partial charge >= 0.3 is 6.03 Å². The molecule has 5 nitrogen and oxygen atoms in total. The molecule has 5 heteroatoms. The summed E-state index contributed by atoms with van der Waals surface area (Å²) in [4.78, 5) is 26.3. The van der Waals surface area contributed by atoms with Crippen LogP contribution in [0.15, 0.2) is 30.3 Å². The fourth-order valence-electron chi connectivity index (χ4n) is 2.74. The quantitative estimate of drug-likeness (QED) is 0.619. The number of nitrogens with zero attached hydrogens (tertiary/aromatic N) is 1. The van der Waals surface area contributed by atoms with Gasteiger partial charge in [0.2, 0.25) is 0 Å². The molecule has 1 heterocycles. The van der Waals surface area contributed by atoms with Crippen LogP contribution in [0.4, 0.5) is 4.79 Å². The van der Waals surface area contributed by atoms with Crippen molar-refractivity contribution >= 4 is 11.9 Å². The van der Waals surface area contributed by atoms with E-state index in [2.05, 4.69) is 5.32 Å². The molecule has 0 saturated carbocycles. The van der Waals surface area contributed by atoms with Crippen molar-refractivity contribution in [1.82, 2.24) is 10.2 Å². The van der Waals surface area contributed by atoms with Crippen molar-refractivity contribution in [2.75, 3.05) is 19.8 Å². The molecule has 1 atom stereocenters. The summed E-state index contributed by atoms with van der Waals surface area (Å²) < 4.78 is 5.25. The summed E-state index contributed by atoms with van der Waals surface area (Å²) in [6.07, 6.45) is 1.40. The minimum absolute atomic E-state index is 0.180. The zero-order chi connectivity index (χ0) is 15.3. The molecule has 1 aromatic rings. The Bertz CT molecular complexity index is 504. The summed E-state index contributed by atoms with van der Waals surface area (Å²) in [5.74, 6) is -0.180. The fraction of sp³-hybridized carbons (Fsp3) is 0.500. The molecule has 0 spiro atoms. The highest BCUT2D eigenvalue weighted by molar-refractivity contribution is 6.07. The first-order chi connectivity index (χ1) is 10.2. The van der Waals surface area contributed by atoms with E-state index in [0.29, 0.717) is 19.6 Å². The van der Waals surface area contributed by atoms with E-state index in [9.17, 15) is 9.59 Å². The average Bonchev–Trinajstić information content (AvgIpc) is 2.74. The van der Waals surface area contributed by atoms with Crippen LogP contribution in [0.5, 0.6) is 0 Å². The SMILES string of the molecule is CCC[C@@]1(c2ccccc2)NC(=O)N(CCOCC)C1=O. The van der Waals surface area contributed by atoms with Gasteiger partial charge in [0.05, 0.1) is 13.2 Å². The Labute approximate surface area is 125 Å². The summed E-state index contributed by atoms with van der Waals surface area (Å²) in [6.45, 7) is 5.12. The van der Waals surface area contributed by atoms with E-state index in [1.807, 2.05) is 44.2 Å². The summed E-state index contributed by atoms with van der Waals surface area (Å²) >= 11 is 0. The predicted molar refractivity (Wildman–Crippen MR) is 79.8 cm³/mol. The van der Waals surface area contributed by atoms with E-state index >= 15 is 0 Å². The zero-order valence-corrected chi connectivity index (χ0v) is 12.6. The third-order valence-electron chi connectivity index (χ3n) is 3.73. The van der Waals surface area contributed by atoms with E-state index in [0.717, 1.165) is 12.0 Å². The second-order valence-corrected chi connectivity index (χ2v) is 5.11. The van der Waals surface area contributed by atoms with E-state index in [1.165, 1.54) is 4.90 Å². The molecule has 0 aliphatic carbocycles. The van der Waals surface area contributed by atoms with Gasteiger partial charge in [0, 0.05) is 6.61 Å². The van der Waals surface area contributed by atoms with Gasteiger partial charge in [-0.1, -0.05) is 43.7 Å². The predicted octanol–water partition coefficient (Wildman–Crippen LogP) is 2.27. The van der Waals surface area contributed by atoms with Crippen LogP contribution in [0.1, 0.15) is 32.3 Å². The van der Waals surface area contributed by atoms with E-state index in [4.69, 9.17) is 4.74 Å². The highest BCUT2D eigenvalue weighted by Crippen LogP contribution is 2.33. The highest BCUT2D eigenvalue weighted by Gasteiger charge is 2.51. The maximum atomic E-state index is 12.8. The standard InChI is InChI=1S/C16H22N2O3/c1-3-10-16(13-8-6-5-7-9-13)14(19)18(15(20)17-16)11-12-21-4-2/h5-9H,3-4,10-12H2,1-2H3,(H,17,20)/t16-/m0/s1. The number of imide groups is 1. The van der Waals surface area contributed by atoms with Gasteiger partial charge in [-0.05, 0) is 18.9 Å². The summed E-state index contributed by atoms with van der Waals surface area (Å²) in [6, 6.07) is 9.11. The molecule has 114 valence electrons. The van der Waals surface area contributed by atoms with Crippen LogP contribution in [-0.2, 0) is 15.1 Å². The maximum Gasteiger partial charge on any atom is 0.325 e. The molecule has 1 N–H and O–H groups in total. The Balaban J connectivity index is 2.27. The van der Waals surface area contributed by atoms with Crippen molar-refractivity contribution in [2.45, 2.75) is 32.2 Å². The van der Waals surface area contributed by atoms with E-state index in [1.54, 1.807) is 0 Å². The Morgan fingerprint density at radius 1 is 1.19 bits per heavy atom. The minimum Gasteiger partial charge on any atom is -0.380 e. The van der Waals surface area contributed by atoms with Crippen LogP contribution in [-0.4, -0.2) is 36.6 Å². The molecule has 1 aromatic carbocycles. The molecule has 0 aromatic heterocycles. The van der Waals surface area contributed by atoms with Gasteiger partial charge in [0.15, 0.2) is 0 Å². The molecular formula is C16H22N2O3. The van der Waals surface area contributed by atoms with Crippen LogP contribution in [0.2, 0.25) is 0 Å². The lowest BCUT2D eigenvalue weighted by Gasteiger charge is -2.26. The Kier molecular flexibility index (Phi) is 4.96. The van der Waals surface area contributed by atoms with Gasteiger partial charge in [-0.3, -0.25) is 9.69 Å². The summed E-state index contributed by atoms with van der Waals surface area (Å²) in [5, 5.41) is 2.89. The van der Waals surface area contributed by atoms with Crippen molar-refractivity contribution in [2.24, 2.45) is 0 Å². The van der Waals surface area contributed by atoms with Gasteiger partial charge < -0.3 is 10.1 Å². The fourth-order valence-corrected chi connectivity index (χ4v) is 2.74. The molecule has 0 radical (unpaired) electrons. The third kappa shape index (κ3) is 2.93. The number of carbonyl (C=O) groups excluding carboxylic acids is 2. The molecule has 1 saturated heterocycles. The Morgan fingerprint density at radius 3 is 2.52 bits per heavy atom. The number of hydrogen-bond donors (Lipinski definition) is 1. The van der Waals surface area contributed by atoms with Crippen LogP contribution >= 0.6 is 0 Å². The topological polar surface area (TPSA) is 58.6 Å². The zero-order valence-electron chi connectivity index (χ0n) is 12.6. The molecule has 0 bridgehead atoms. The first-order valence-electron chi connectivity index (χ1n) is 7.43. The van der Waals surface area contributed by atoms with Crippen molar-refractivity contribution in [1.29, 1.82) is 0 Å². The first kappa shape index (κ1) is 15.5. The Morgan fingerprint density at radius 2 is 1.90 bits per heavy atom. The van der Waals surface area contributed by atoms with Gasteiger partial charge in [-0.15, -0.1) is 0 Å². The number of amides is 3. The molecule has 1 fully saturated rings. The molecule has 1 aliphatic heterocycles. The van der Waals surface area contributed by atoms with Crippen molar-refractivity contribution in [3.8, 4) is 0 Å². The second-order valence-electron chi connectivity index (χ2n) is 5.11. The highest BCUT2D eigenvalue weighted by atomic mass is 16.5. The third-order valence-corrected chi connectivity index (χ3v) is 3.73. The molecule has 21 heavy (non-hydrogen) atoms. The summed E-state index contributed by atoms with van der Waals surface area (Å²) in [5.41, 5.74) is -0.0941. The van der Waals surface area contributed by atoms with Gasteiger partial charge in [-0.2, -0.15) is 0 Å².